The Bertz CT molecular complexity index is 378. The number of methoxy groups -OCH3 is 1. The molecule has 0 heterocycles. The molecule has 1 amide bonds. The van der Waals surface area contributed by atoms with Crippen molar-refractivity contribution in [2.24, 2.45) is 0 Å². The fourth-order valence-electron chi connectivity index (χ4n) is 1.52. The number of rotatable bonds is 6. The lowest BCUT2D eigenvalue weighted by Gasteiger charge is -2.09. The molecule has 0 unspecified atom stereocenters. The maximum Gasteiger partial charge on any atom is 0.224 e. The molecule has 0 radical (unpaired) electrons. The van der Waals surface area contributed by atoms with Gasteiger partial charge in [-0.25, -0.2) is 0 Å². The molecule has 0 bridgehead atoms. The van der Waals surface area contributed by atoms with Crippen molar-refractivity contribution in [3.05, 3.63) is 18.2 Å². The van der Waals surface area contributed by atoms with Crippen LogP contribution in [0.5, 0.6) is 5.75 Å². The number of amides is 1. The lowest BCUT2D eigenvalue weighted by Crippen LogP contribution is -2.12. The quantitative estimate of drug-likeness (QED) is 0.589. The van der Waals surface area contributed by atoms with E-state index in [1.54, 1.807) is 25.3 Å². The normalized spacial score (nSPS) is 10.0. The van der Waals surface area contributed by atoms with Crippen molar-refractivity contribution in [3.63, 3.8) is 0 Å². The highest BCUT2D eigenvalue weighted by molar-refractivity contribution is 5.94. The van der Waals surface area contributed by atoms with Crippen molar-refractivity contribution in [2.75, 3.05) is 18.2 Å². The molecule has 0 aliphatic rings. The lowest BCUT2D eigenvalue weighted by atomic mass is 10.2. The van der Waals surface area contributed by atoms with E-state index < -0.39 is 0 Å². The Morgan fingerprint density at radius 1 is 1.41 bits per heavy atom. The maximum absolute atomic E-state index is 11.6. The van der Waals surface area contributed by atoms with Gasteiger partial charge in [-0.1, -0.05) is 19.8 Å². The van der Waals surface area contributed by atoms with Gasteiger partial charge in [-0.3, -0.25) is 4.79 Å². The predicted octanol–water partition coefficient (Wildman–Crippen LogP) is 2.80. The van der Waals surface area contributed by atoms with Gasteiger partial charge in [0.2, 0.25) is 5.91 Å². The summed E-state index contributed by atoms with van der Waals surface area (Å²) in [6, 6.07) is 5.22. The van der Waals surface area contributed by atoms with E-state index in [1.165, 1.54) is 0 Å². The zero-order valence-corrected chi connectivity index (χ0v) is 10.5. The molecule has 1 aromatic rings. The minimum absolute atomic E-state index is 0.00148. The molecule has 0 aliphatic heterocycles. The van der Waals surface area contributed by atoms with Crippen LogP contribution in [0.3, 0.4) is 0 Å². The van der Waals surface area contributed by atoms with Gasteiger partial charge in [0.15, 0.2) is 0 Å². The minimum atomic E-state index is -0.00148. The van der Waals surface area contributed by atoms with Gasteiger partial charge < -0.3 is 15.8 Å². The average molecular weight is 236 g/mol. The Hall–Kier alpha value is -1.71. The van der Waals surface area contributed by atoms with E-state index in [-0.39, 0.29) is 5.91 Å². The summed E-state index contributed by atoms with van der Waals surface area (Å²) in [7, 11) is 1.58. The molecule has 3 N–H and O–H groups in total. The van der Waals surface area contributed by atoms with Gasteiger partial charge in [-0.15, -0.1) is 0 Å². The van der Waals surface area contributed by atoms with Gasteiger partial charge in [0, 0.05) is 12.5 Å². The molecule has 0 atom stereocenters. The van der Waals surface area contributed by atoms with E-state index in [2.05, 4.69) is 12.2 Å². The SMILES string of the molecule is CCCCCC(=O)Nc1cc(OC)ccc1N. The average Bonchev–Trinajstić information content (AvgIpc) is 2.32. The van der Waals surface area contributed by atoms with Crippen LogP contribution in [0.15, 0.2) is 18.2 Å². The van der Waals surface area contributed by atoms with Gasteiger partial charge in [-0.05, 0) is 18.6 Å². The van der Waals surface area contributed by atoms with Gasteiger partial charge >= 0.3 is 0 Å². The minimum Gasteiger partial charge on any atom is -0.497 e. The van der Waals surface area contributed by atoms with Crippen molar-refractivity contribution < 1.29 is 9.53 Å². The fourth-order valence-corrected chi connectivity index (χ4v) is 1.52. The van der Waals surface area contributed by atoms with Crippen molar-refractivity contribution >= 4 is 17.3 Å². The van der Waals surface area contributed by atoms with Crippen LogP contribution in [0.4, 0.5) is 11.4 Å². The van der Waals surface area contributed by atoms with Crippen LogP contribution in [-0.4, -0.2) is 13.0 Å². The largest absolute Gasteiger partial charge is 0.497 e. The van der Waals surface area contributed by atoms with Crippen LogP contribution in [0, 0.1) is 0 Å². The van der Waals surface area contributed by atoms with Crippen LogP contribution >= 0.6 is 0 Å². The van der Waals surface area contributed by atoms with E-state index in [9.17, 15) is 4.79 Å². The smallest absolute Gasteiger partial charge is 0.224 e. The number of nitrogens with two attached hydrogens (primary N) is 1. The van der Waals surface area contributed by atoms with Crippen molar-refractivity contribution in [3.8, 4) is 5.75 Å². The molecule has 1 aromatic carbocycles. The number of unbranched alkanes of at least 4 members (excludes halogenated alkanes) is 2. The number of carbonyl (C=O) groups excluding carboxylic acids is 1. The second kappa shape index (κ2) is 6.78. The Morgan fingerprint density at radius 2 is 2.18 bits per heavy atom. The van der Waals surface area contributed by atoms with Gasteiger partial charge in [-0.2, -0.15) is 0 Å². The van der Waals surface area contributed by atoms with Crippen LogP contribution in [0.2, 0.25) is 0 Å². The predicted molar refractivity (Wildman–Crippen MR) is 70.2 cm³/mol. The van der Waals surface area contributed by atoms with Gasteiger partial charge in [0.05, 0.1) is 18.5 Å². The third-order valence-corrected chi connectivity index (χ3v) is 2.54. The number of hydrogen-bond donors (Lipinski definition) is 2. The number of benzene rings is 1. The van der Waals surface area contributed by atoms with Crippen molar-refractivity contribution in [1.29, 1.82) is 0 Å². The summed E-state index contributed by atoms with van der Waals surface area (Å²) in [4.78, 5) is 11.6. The first-order valence-corrected chi connectivity index (χ1v) is 5.90. The van der Waals surface area contributed by atoms with E-state index in [4.69, 9.17) is 10.5 Å². The highest BCUT2D eigenvalue weighted by Crippen LogP contribution is 2.24. The third kappa shape index (κ3) is 4.34. The first-order valence-electron chi connectivity index (χ1n) is 5.90. The molecule has 0 aromatic heterocycles. The molecule has 0 aliphatic carbocycles. The Kier molecular flexibility index (Phi) is 5.33. The van der Waals surface area contributed by atoms with E-state index >= 15 is 0 Å². The second-order valence-corrected chi connectivity index (χ2v) is 3.96. The Balaban J connectivity index is 2.57. The van der Waals surface area contributed by atoms with Crippen molar-refractivity contribution in [1.82, 2.24) is 0 Å². The van der Waals surface area contributed by atoms with Crippen LogP contribution in [0.25, 0.3) is 0 Å². The molecule has 0 spiro atoms. The highest BCUT2D eigenvalue weighted by atomic mass is 16.5. The number of ether oxygens (including phenoxy) is 1. The second-order valence-electron chi connectivity index (χ2n) is 3.96. The fraction of sp³-hybridized carbons (Fsp3) is 0.462. The topological polar surface area (TPSA) is 64.3 Å². The summed E-state index contributed by atoms with van der Waals surface area (Å²) in [6.07, 6.45) is 3.62. The van der Waals surface area contributed by atoms with E-state index in [0.717, 1.165) is 19.3 Å². The summed E-state index contributed by atoms with van der Waals surface area (Å²) in [5.74, 6) is 0.682. The highest BCUT2D eigenvalue weighted by Gasteiger charge is 2.06. The van der Waals surface area contributed by atoms with Gasteiger partial charge in [0.1, 0.15) is 5.75 Å². The first kappa shape index (κ1) is 13.4. The van der Waals surface area contributed by atoms with Crippen LogP contribution < -0.4 is 15.8 Å². The summed E-state index contributed by atoms with van der Waals surface area (Å²) in [6.45, 7) is 2.11. The molecule has 4 heteroatoms. The molecule has 4 nitrogen and oxygen atoms in total. The zero-order chi connectivity index (χ0) is 12.7. The maximum atomic E-state index is 11.6. The molecular weight excluding hydrogens is 216 g/mol. The Morgan fingerprint density at radius 3 is 2.82 bits per heavy atom. The summed E-state index contributed by atoms with van der Waals surface area (Å²) in [5, 5.41) is 2.80. The lowest BCUT2D eigenvalue weighted by molar-refractivity contribution is -0.116. The Labute approximate surface area is 102 Å². The molecule has 0 fully saturated rings. The zero-order valence-electron chi connectivity index (χ0n) is 10.5. The molecule has 17 heavy (non-hydrogen) atoms. The summed E-state index contributed by atoms with van der Waals surface area (Å²) >= 11 is 0. The number of anilines is 2. The van der Waals surface area contributed by atoms with Crippen LogP contribution in [-0.2, 0) is 4.79 Å². The molecule has 0 saturated heterocycles. The van der Waals surface area contributed by atoms with Crippen LogP contribution in [0.1, 0.15) is 32.6 Å². The molecule has 0 saturated carbocycles. The van der Waals surface area contributed by atoms with Gasteiger partial charge in [0.25, 0.3) is 0 Å². The molecular formula is C13H20N2O2. The number of carbonyl (C=O) groups is 1. The number of hydrogen-bond acceptors (Lipinski definition) is 3. The van der Waals surface area contributed by atoms with E-state index in [0.29, 0.717) is 23.5 Å². The number of nitrogens with one attached hydrogen (secondary N) is 1. The summed E-state index contributed by atoms with van der Waals surface area (Å²) < 4.78 is 5.08. The summed E-state index contributed by atoms with van der Waals surface area (Å²) in [5.41, 5.74) is 6.94. The molecule has 94 valence electrons. The number of nitrogen functional groups attached to an aromatic ring is 1. The standard InChI is InChI=1S/C13H20N2O2/c1-3-4-5-6-13(16)15-12-9-10(17-2)7-8-11(12)14/h7-9H,3-6,14H2,1-2H3,(H,15,16). The third-order valence-electron chi connectivity index (χ3n) is 2.54. The van der Waals surface area contributed by atoms with Crippen molar-refractivity contribution in [2.45, 2.75) is 32.6 Å². The molecule has 1 rings (SSSR count). The monoisotopic (exact) mass is 236 g/mol. The first-order chi connectivity index (χ1) is 8.17. The van der Waals surface area contributed by atoms with E-state index in [1.807, 2.05) is 0 Å².